The van der Waals surface area contributed by atoms with Gasteiger partial charge in [-0.2, -0.15) is 10.5 Å². The van der Waals surface area contributed by atoms with Crippen LogP contribution in [0.1, 0.15) is 11.1 Å². The van der Waals surface area contributed by atoms with Crippen LogP contribution in [0, 0.1) is 0 Å². The Kier molecular flexibility index (Phi) is 10.4. The molecule has 5 atom stereocenters. The molecule has 9 nitrogen and oxygen atoms in total. The normalized spacial score (nSPS) is 23.1. The van der Waals surface area contributed by atoms with E-state index in [9.17, 15) is 20.4 Å². The summed E-state index contributed by atoms with van der Waals surface area (Å²) in [6.07, 6.45) is -6.23. The van der Waals surface area contributed by atoms with Gasteiger partial charge >= 0.3 is 0 Å². The zero-order valence-electron chi connectivity index (χ0n) is 22.1. The number of hydroxylamine groups is 3. The van der Waals surface area contributed by atoms with Crippen molar-refractivity contribution in [2.75, 3.05) is 20.8 Å². The minimum absolute atomic E-state index is 0.292. The number of nitrogens with zero attached hydrogens (tertiary/aromatic N) is 1. The van der Waals surface area contributed by atoms with E-state index in [1.165, 1.54) is 28.5 Å². The number of aliphatic hydroxyl groups is 4. The fourth-order valence-electron chi connectivity index (χ4n) is 4.77. The van der Waals surface area contributed by atoms with E-state index < -0.39 is 37.3 Å². The molecule has 1 saturated heterocycles. The monoisotopic (exact) mass is 536 g/mol. The van der Waals surface area contributed by atoms with Crippen molar-refractivity contribution in [1.82, 2.24) is 10.5 Å². The highest BCUT2D eigenvalue weighted by Crippen LogP contribution is 2.27. The maximum atomic E-state index is 10.3. The molecule has 208 valence electrons. The van der Waals surface area contributed by atoms with Gasteiger partial charge in [-0.3, -0.25) is 4.84 Å². The third-order valence-corrected chi connectivity index (χ3v) is 6.88. The number of nitrogens with one attached hydrogen (secondary N) is 1. The second-order valence-electron chi connectivity index (χ2n) is 9.28. The first-order valence-corrected chi connectivity index (χ1v) is 12.8. The van der Waals surface area contributed by atoms with Crippen molar-refractivity contribution in [1.29, 1.82) is 0 Å². The summed E-state index contributed by atoms with van der Waals surface area (Å²) < 4.78 is 5.56. The Morgan fingerprint density at radius 3 is 1.90 bits per heavy atom. The van der Waals surface area contributed by atoms with Crippen molar-refractivity contribution in [2.24, 2.45) is 0 Å². The van der Waals surface area contributed by atoms with Crippen LogP contribution in [-0.4, -0.2) is 77.0 Å². The van der Waals surface area contributed by atoms with Crippen LogP contribution in [0.3, 0.4) is 0 Å². The Hall–Kier alpha value is -2.96. The van der Waals surface area contributed by atoms with Crippen LogP contribution in [0.25, 0.3) is 21.5 Å². The highest BCUT2D eigenvalue weighted by atomic mass is 16.7. The predicted octanol–water partition coefficient (Wildman–Crippen LogP) is 2.49. The molecular formula is C30H36N2O7. The lowest BCUT2D eigenvalue weighted by Gasteiger charge is -2.43. The molecule has 5 N–H and O–H groups in total. The fraction of sp³-hybridized carbons (Fsp3) is 0.333. The fourth-order valence-corrected chi connectivity index (χ4v) is 4.77. The number of aliphatic hydroxyl groups excluding tert-OH is 4. The first kappa shape index (κ1) is 29.0. The largest absolute Gasteiger partial charge is 0.394 e. The van der Waals surface area contributed by atoms with E-state index in [1.807, 2.05) is 42.5 Å². The van der Waals surface area contributed by atoms with E-state index in [0.29, 0.717) is 6.54 Å². The lowest BCUT2D eigenvalue weighted by Crippen LogP contribution is -2.62. The zero-order valence-corrected chi connectivity index (χ0v) is 22.1. The minimum Gasteiger partial charge on any atom is -0.394 e. The van der Waals surface area contributed by atoms with E-state index >= 15 is 0 Å². The number of hydrogen-bond donors (Lipinski definition) is 5. The van der Waals surface area contributed by atoms with Gasteiger partial charge in [-0.25, -0.2) is 0 Å². The molecule has 0 spiro atoms. The van der Waals surface area contributed by atoms with Crippen LogP contribution >= 0.6 is 0 Å². The molecule has 0 radical (unpaired) electrons. The average molecular weight is 537 g/mol. The maximum Gasteiger partial charge on any atom is 0.162 e. The standard InChI is InChI=1S/C18H23NO6.C12H13NO/c1-24-19(18-17(23)16(22)15(21)14(10-20)25-18)9-12-7-4-6-11-5-2-3-8-13(11)12;1-14-13-9-11-7-4-6-10-5-2-3-8-12(10)11/h2-8,14-18,20-23H,9-10H2,1H3;2-8,13H,9H2,1H3/t14?,15-,16+,17?,18-;/m1./s1. The second-order valence-corrected chi connectivity index (χ2v) is 9.28. The number of hydrogen-bond acceptors (Lipinski definition) is 9. The van der Waals surface area contributed by atoms with Gasteiger partial charge in [-0.15, -0.1) is 0 Å². The summed E-state index contributed by atoms with van der Waals surface area (Å²) in [6, 6.07) is 28.4. The molecule has 1 aliphatic rings. The Morgan fingerprint density at radius 2 is 1.31 bits per heavy atom. The summed E-state index contributed by atoms with van der Waals surface area (Å²) in [5.74, 6) is 0. The Balaban J connectivity index is 0.000000212. The second kappa shape index (κ2) is 13.9. The van der Waals surface area contributed by atoms with Crippen molar-refractivity contribution in [2.45, 2.75) is 43.7 Å². The molecule has 4 aromatic carbocycles. The molecule has 0 amide bonds. The summed E-state index contributed by atoms with van der Waals surface area (Å²) in [5.41, 5.74) is 5.07. The van der Waals surface area contributed by atoms with Crippen LogP contribution in [-0.2, 0) is 27.5 Å². The van der Waals surface area contributed by atoms with E-state index in [2.05, 4.69) is 47.9 Å². The maximum absolute atomic E-state index is 10.3. The highest BCUT2D eigenvalue weighted by Gasteiger charge is 2.46. The van der Waals surface area contributed by atoms with Gasteiger partial charge in [0.05, 0.1) is 27.4 Å². The van der Waals surface area contributed by atoms with Gasteiger partial charge in [0.2, 0.25) is 0 Å². The molecule has 1 heterocycles. The number of ether oxygens (including phenoxy) is 1. The SMILES string of the molecule is CON(Cc1cccc2ccccc12)[C@@H]1OC(CO)[C@@H](O)[C@H](O)C1O.CONCc1cccc2ccccc12. The van der Waals surface area contributed by atoms with Gasteiger partial charge in [0, 0.05) is 6.54 Å². The van der Waals surface area contributed by atoms with Gasteiger partial charge in [0.25, 0.3) is 0 Å². The van der Waals surface area contributed by atoms with Crippen LogP contribution in [0.15, 0.2) is 84.9 Å². The molecule has 0 bridgehead atoms. The predicted molar refractivity (Wildman–Crippen MR) is 148 cm³/mol. The summed E-state index contributed by atoms with van der Waals surface area (Å²) in [7, 11) is 3.07. The number of benzene rings is 4. The third kappa shape index (κ3) is 6.79. The van der Waals surface area contributed by atoms with E-state index in [1.54, 1.807) is 7.11 Å². The summed E-state index contributed by atoms with van der Waals surface area (Å²) >= 11 is 0. The molecule has 5 rings (SSSR count). The lowest BCUT2D eigenvalue weighted by atomic mass is 9.98. The molecule has 0 saturated carbocycles. The Morgan fingerprint density at radius 1 is 0.744 bits per heavy atom. The topological polar surface area (TPSA) is 124 Å². The minimum atomic E-state index is -1.44. The first-order valence-electron chi connectivity index (χ1n) is 12.8. The highest BCUT2D eigenvalue weighted by molar-refractivity contribution is 5.86. The van der Waals surface area contributed by atoms with Crippen molar-refractivity contribution in [3.05, 3.63) is 96.1 Å². The first-order chi connectivity index (χ1) is 19.0. The average Bonchev–Trinajstić information content (AvgIpc) is 2.98. The smallest absolute Gasteiger partial charge is 0.162 e. The third-order valence-electron chi connectivity index (χ3n) is 6.88. The van der Waals surface area contributed by atoms with Crippen LogP contribution < -0.4 is 5.48 Å². The van der Waals surface area contributed by atoms with Gasteiger partial charge in [-0.1, -0.05) is 84.9 Å². The Bertz CT molecular complexity index is 1320. The summed E-state index contributed by atoms with van der Waals surface area (Å²) in [6.45, 7) is 0.547. The molecule has 1 aliphatic heterocycles. The molecule has 0 aliphatic carbocycles. The van der Waals surface area contributed by atoms with Gasteiger partial charge in [0.15, 0.2) is 6.23 Å². The van der Waals surface area contributed by atoms with Gasteiger partial charge in [-0.05, 0) is 32.7 Å². The molecule has 39 heavy (non-hydrogen) atoms. The van der Waals surface area contributed by atoms with E-state index in [0.717, 1.165) is 22.9 Å². The zero-order chi connectivity index (χ0) is 27.8. The summed E-state index contributed by atoms with van der Waals surface area (Å²) in [5, 5.41) is 45.5. The van der Waals surface area contributed by atoms with Gasteiger partial charge < -0.3 is 30.0 Å². The van der Waals surface area contributed by atoms with Crippen LogP contribution in [0.4, 0.5) is 0 Å². The van der Waals surface area contributed by atoms with Crippen molar-refractivity contribution in [3.8, 4) is 0 Å². The van der Waals surface area contributed by atoms with Crippen LogP contribution in [0.5, 0.6) is 0 Å². The van der Waals surface area contributed by atoms with Crippen molar-refractivity contribution >= 4 is 21.5 Å². The van der Waals surface area contributed by atoms with E-state index in [4.69, 9.17) is 14.4 Å². The Labute approximate surface area is 227 Å². The molecule has 2 unspecified atom stereocenters. The number of fused-ring (bicyclic) bond motifs is 2. The molecular weight excluding hydrogens is 500 g/mol. The molecule has 1 fully saturated rings. The molecule has 4 aromatic rings. The van der Waals surface area contributed by atoms with Crippen molar-refractivity contribution in [3.63, 3.8) is 0 Å². The lowest BCUT2D eigenvalue weighted by molar-refractivity contribution is -0.331. The van der Waals surface area contributed by atoms with Crippen molar-refractivity contribution < 1.29 is 34.8 Å². The number of rotatable bonds is 8. The van der Waals surface area contributed by atoms with Gasteiger partial charge in [0.1, 0.15) is 24.4 Å². The summed E-state index contributed by atoms with van der Waals surface area (Å²) in [4.78, 5) is 10.2. The van der Waals surface area contributed by atoms with E-state index in [-0.39, 0.29) is 0 Å². The van der Waals surface area contributed by atoms with Crippen LogP contribution in [0.2, 0.25) is 0 Å². The quantitative estimate of drug-likeness (QED) is 0.216. The molecule has 0 aromatic heterocycles. The molecule has 9 heteroatoms.